The predicted molar refractivity (Wildman–Crippen MR) is 104 cm³/mol. The lowest BCUT2D eigenvalue weighted by Gasteiger charge is -2.18. The first-order valence-corrected chi connectivity index (χ1v) is 8.83. The Bertz CT molecular complexity index is 916. The molecule has 0 amide bonds. The zero-order valence-electron chi connectivity index (χ0n) is 14.5. The van der Waals surface area contributed by atoms with Gasteiger partial charge in [-0.05, 0) is 42.2 Å². The van der Waals surface area contributed by atoms with Crippen LogP contribution in [-0.4, -0.2) is 9.55 Å². The van der Waals surface area contributed by atoms with Crippen molar-refractivity contribution in [2.75, 3.05) is 0 Å². The SMILES string of the molecule is Cc1cn(CCC(c2ccccc2)c2ccccc2)c2ncccc12. The van der Waals surface area contributed by atoms with E-state index in [1.165, 1.54) is 22.1 Å². The third-order valence-electron chi connectivity index (χ3n) is 4.90. The molecule has 124 valence electrons. The highest BCUT2D eigenvalue weighted by Crippen LogP contribution is 2.29. The van der Waals surface area contributed by atoms with Gasteiger partial charge in [0, 0.05) is 30.2 Å². The quantitative estimate of drug-likeness (QED) is 0.469. The van der Waals surface area contributed by atoms with Crippen LogP contribution in [0.15, 0.2) is 85.2 Å². The summed E-state index contributed by atoms with van der Waals surface area (Å²) < 4.78 is 2.30. The van der Waals surface area contributed by atoms with Gasteiger partial charge in [0.2, 0.25) is 0 Å². The second-order valence-electron chi connectivity index (χ2n) is 6.54. The third kappa shape index (κ3) is 3.20. The minimum atomic E-state index is 0.392. The van der Waals surface area contributed by atoms with Crippen molar-refractivity contribution in [1.29, 1.82) is 0 Å². The van der Waals surface area contributed by atoms with Crippen LogP contribution in [0.2, 0.25) is 0 Å². The van der Waals surface area contributed by atoms with E-state index in [1.807, 2.05) is 12.3 Å². The van der Waals surface area contributed by atoms with Crippen LogP contribution < -0.4 is 0 Å². The number of benzene rings is 2. The maximum Gasteiger partial charge on any atom is 0.140 e. The summed E-state index contributed by atoms with van der Waals surface area (Å²) in [7, 11) is 0. The molecule has 2 aromatic carbocycles. The minimum absolute atomic E-state index is 0.392. The molecule has 0 bridgehead atoms. The van der Waals surface area contributed by atoms with Gasteiger partial charge in [-0.25, -0.2) is 4.98 Å². The standard InChI is InChI=1S/C23H22N2/c1-18-17-25(23-21(18)13-8-15-24-23)16-14-22(19-9-4-2-5-10-19)20-11-6-3-7-12-20/h2-13,15,17,22H,14,16H2,1H3. The molecule has 4 aromatic rings. The van der Waals surface area contributed by atoms with Crippen LogP contribution in [0.3, 0.4) is 0 Å². The van der Waals surface area contributed by atoms with Gasteiger partial charge >= 0.3 is 0 Å². The number of nitrogens with zero attached hydrogens (tertiary/aromatic N) is 2. The average Bonchev–Trinajstić information content (AvgIpc) is 3.00. The van der Waals surface area contributed by atoms with Gasteiger partial charge in [0.1, 0.15) is 5.65 Å². The lowest BCUT2D eigenvalue weighted by atomic mass is 9.88. The van der Waals surface area contributed by atoms with Crippen molar-refractivity contribution in [3.8, 4) is 0 Å². The van der Waals surface area contributed by atoms with E-state index >= 15 is 0 Å². The highest BCUT2D eigenvalue weighted by molar-refractivity contribution is 5.79. The molecule has 25 heavy (non-hydrogen) atoms. The zero-order chi connectivity index (χ0) is 17.1. The van der Waals surface area contributed by atoms with E-state index in [1.54, 1.807) is 0 Å². The van der Waals surface area contributed by atoms with E-state index in [2.05, 4.69) is 89.4 Å². The number of aromatic nitrogens is 2. The Morgan fingerprint density at radius 1 is 0.840 bits per heavy atom. The van der Waals surface area contributed by atoms with Gasteiger partial charge in [-0.15, -0.1) is 0 Å². The van der Waals surface area contributed by atoms with Crippen molar-refractivity contribution in [2.24, 2.45) is 0 Å². The molecular formula is C23H22N2. The van der Waals surface area contributed by atoms with Crippen LogP contribution in [0.4, 0.5) is 0 Å². The molecule has 0 radical (unpaired) electrons. The fourth-order valence-corrected chi connectivity index (χ4v) is 3.63. The number of pyridine rings is 1. The molecule has 2 heteroatoms. The van der Waals surface area contributed by atoms with Gasteiger partial charge in [-0.2, -0.15) is 0 Å². The Balaban J connectivity index is 1.65. The molecule has 0 saturated carbocycles. The number of aryl methyl sites for hydroxylation is 2. The van der Waals surface area contributed by atoms with E-state index in [-0.39, 0.29) is 0 Å². The summed E-state index contributed by atoms with van der Waals surface area (Å²) >= 11 is 0. The van der Waals surface area contributed by atoms with Crippen molar-refractivity contribution in [1.82, 2.24) is 9.55 Å². The Hall–Kier alpha value is -2.87. The Morgan fingerprint density at radius 3 is 2.12 bits per heavy atom. The molecule has 0 aliphatic rings. The Labute approximate surface area is 148 Å². The van der Waals surface area contributed by atoms with Crippen LogP contribution in [0.1, 0.15) is 29.0 Å². The van der Waals surface area contributed by atoms with E-state index in [4.69, 9.17) is 0 Å². The molecule has 0 aliphatic heterocycles. The molecule has 2 aromatic heterocycles. The summed E-state index contributed by atoms with van der Waals surface area (Å²) in [6, 6.07) is 25.8. The molecule has 4 rings (SSSR count). The third-order valence-corrected chi connectivity index (χ3v) is 4.90. The van der Waals surface area contributed by atoms with Crippen molar-refractivity contribution in [3.05, 3.63) is 102 Å². The number of hydrogen-bond donors (Lipinski definition) is 0. The molecule has 2 heterocycles. The first-order valence-electron chi connectivity index (χ1n) is 8.83. The van der Waals surface area contributed by atoms with Crippen molar-refractivity contribution in [3.63, 3.8) is 0 Å². The van der Waals surface area contributed by atoms with Crippen LogP contribution in [0.25, 0.3) is 11.0 Å². The fourth-order valence-electron chi connectivity index (χ4n) is 3.63. The Morgan fingerprint density at radius 2 is 1.48 bits per heavy atom. The molecule has 2 nitrogen and oxygen atoms in total. The van der Waals surface area contributed by atoms with E-state index < -0.39 is 0 Å². The minimum Gasteiger partial charge on any atom is -0.332 e. The molecule has 0 aliphatic carbocycles. The average molecular weight is 326 g/mol. The lowest BCUT2D eigenvalue weighted by Crippen LogP contribution is -2.06. The summed E-state index contributed by atoms with van der Waals surface area (Å²) in [6.45, 7) is 3.11. The molecular weight excluding hydrogens is 304 g/mol. The molecule has 0 spiro atoms. The summed E-state index contributed by atoms with van der Waals surface area (Å²) in [4.78, 5) is 4.59. The largest absolute Gasteiger partial charge is 0.332 e. The molecule has 0 unspecified atom stereocenters. The number of rotatable bonds is 5. The maximum atomic E-state index is 4.59. The Kier molecular flexibility index (Phi) is 4.34. The van der Waals surface area contributed by atoms with Crippen LogP contribution in [-0.2, 0) is 6.54 Å². The highest BCUT2D eigenvalue weighted by Gasteiger charge is 2.15. The molecule has 0 saturated heterocycles. The van der Waals surface area contributed by atoms with E-state index in [9.17, 15) is 0 Å². The van der Waals surface area contributed by atoms with Gasteiger partial charge in [0.15, 0.2) is 0 Å². The highest BCUT2D eigenvalue weighted by atomic mass is 15.0. The number of fused-ring (bicyclic) bond motifs is 1. The van der Waals surface area contributed by atoms with Crippen LogP contribution >= 0.6 is 0 Å². The van der Waals surface area contributed by atoms with E-state index in [0.717, 1.165) is 18.6 Å². The van der Waals surface area contributed by atoms with Gasteiger partial charge in [0.25, 0.3) is 0 Å². The summed E-state index contributed by atoms with van der Waals surface area (Å²) in [5.41, 5.74) is 5.11. The predicted octanol–water partition coefficient (Wildman–Crippen LogP) is 5.57. The molecule has 0 N–H and O–H groups in total. The van der Waals surface area contributed by atoms with Gasteiger partial charge < -0.3 is 4.57 Å². The number of hydrogen-bond acceptors (Lipinski definition) is 1. The van der Waals surface area contributed by atoms with Gasteiger partial charge in [-0.3, -0.25) is 0 Å². The van der Waals surface area contributed by atoms with Crippen molar-refractivity contribution in [2.45, 2.75) is 25.8 Å². The van der Waals surface area contributed by atoms with Gasteiger partial charge in [0.05, 0.1) is 0 Å². The summed E-state index contributed by atoms with van der Waals surface area (Å²) in [5, 5.41) is 1.25. The van der Waals surface area contributed by atoms with Crippen LogP contribution in [0, 0.1) is 6.92 Å². The normalized spacial score (nSPS) is 11.3. The molecule has 0 atom stereocenters. The summed E-state index contributed by atoms with van der Waals surface area (Å²) in [5.74, 6) is 0.392. The monoisotopic (exact) mass is 326 g/mol. The van der Waals surface area contributed by atoms with Gasteiger partial charge in [-0.1, -0.05) is 60.7 Å². The lowest BCUT2D eigenvalue weighted by molar-refractivity contribution is 0.606. The van der Waals surface area contributed by atoms with Crippen molar-refractivity contribution >= 4 is 11.0 Å². The van der Waals surface area contributed by atoms with Crippen LogP contribution in [0.5, 0.6) is 0 Å². The second kappa shape index (κ2) is 6.94. The first-order chi connectivity index (χ1) is 12.3. The fraction of sp³-hybridized carbons (Fsp3) is 0.174. The smallest absolute Gasteiger partial charge is 0.140 e. The van der Waals surface area contributed by atoms with Crippen molar-refractivity contribution < 1.29 is 0 Å². The maximum absolute atomic E-state index is 4.59. The first kappa shape index (κ1) is 15.6. The topological polar surface area (TPSA) is 17.8 Å². The van der Waals surface area contributed by atoms with E-state index in [0.29, 0.717) is 5.92 Å². The molecule has 0 fully saturated rings. The second-order valence-corrected chi connectivity index (χ2v) is 6.54. The summed E-state index contributed by atoms with van der Waals surface area (Å²) in [6.07, 6.45) is 5.16. The zero-order valence-corrected chi connectivity index (χ0v) is 14.5.